The van der Waals surface area contributed by atoms with Crippen LogP contribution in [0.15, 0.2) is 35.3 Å². The summed E-state index contributed by atoms with van der Waals surface area (Å²) < 4.78 is 11.9. The molecule has 2 aromatic rings. The average Bonchev–Trinajstić information content (AvgIpc) is 2.73. The van der Waals surface area contributed by atoms with Crippen LogP contribution in [0.25, 0.3) is 0 Å². The van der Waals surface area contributed by atoms with Crippen molar-refractivity contribution < 1.29 is 14.3 Å². The number of rotatable bonds is 6. The second-order valence-electron chi connectivity index (χ2n) is 6.86. The van der Waals surface area contributed by atoms with E-state index in [0.29, 0.717) is 24.6 Å². The van der Waals surface area contributed by atoms with Gasteiger partial charge in [0.25, 0.3) is 5.56 Å². The van der Waals surface area contributed by atoms with Gasteiger partial charge in [-0.05, 0) is 25.0 Å². The lowest BCUT2D eigenvalue weighted by atomic mass is 9.96. The van der Waals surface area contributed by atoms with E-state index in [1.807, 2.05) is 12.1 Å². The summed E-state index contributed by atoms with van der Waals surface area (Å²) in [5.41, 5.74) is 1.49. The van der Waals surface area contributed by atoms with E-state index >= 15 is 0 Å². The minimum Gasteiger partial charge on any atom is -0.497 e. The van der Waals surface area contributed by atoms with E-state index in [2.05, 4.69) is 15.3 Å². The molecule has 1 saturated heterocycles. The van der Waals surface area contributed by atoms with E-state index in [9.17, 15) is 9.59 Å². The van der Waals surface area contributed by atoms with Crippen molar-refractivity contribution in [3.8, 4) is 11.5 Å². The van der Waals surface area contributed by atoms with Crippen molar-refractivity contribution in [1.29, 1.82) is 0 Å². The molecule has 8 nitrogen and oxygen atoms in total. The number of carbonyl (C=O) groups excluding carboxylic acids is 1. The highest BCUT2D eigenvalue weighted by atomic mass is 16.5. The van der Waals surface area contributed by atoms with Crippen LogP contribution in [0.2, 0.25) is 0 Å². The van der Waals surface area contributed by atoms with E-state index in [-0.39, 0.29) is 17.4 Å². The van der Waals surface area contributed by atoms with Gasteiger partial charge in [0, 0.05) is 44.4 Å². The van der Waals surface area contributed by atoms with Gasteiger partial charge in [-0.1, -0.05) is 0 Å². The van der Waals surface area contributed by atoms with Crippen molar-refractivity contribution in [2.75, 3.05) is 32.2 Å². The third kappa shape index (κ3) is 4.44. The van der Waals surface area contributed by atoms with Crippen molar-refractivity contribution >= 4 is 11.6 Å². The smallest absolute Gasteiger partial charge is 0.268 e. The number of hydrogen-bond donors (Lipinski definition) is 1. The topological polar surface area (TPSA) is 85.7 Å². The molecule has 1 N–H and O–H groups in total. The summed E-state index contributed by atoms with van der Waals surface area (Å²) in [6.07, 6.45) is 3.38. The van der Waals surface area contributed by atoms with E-state index in [1.165, 1.54) is 4.68 Å². The normalized spacial score (nSPS) is 16.5. The summed E-state index contributed by atoms with van der Waals surface area (Å²) >= 11 is 0. The predicted octanol–water partition coefficient (Wildman–Crippen LogP) is 1.33. The van der Waals surface area contributed by atoms with Crippen molar-refractivity contribution in [1.82, 2.24) is 15.1 Å². The molecule has 150 valence electrons. The fraction of sp³-hybridized carbons (Fsp3) is 0.450. The third-order valence-corrected chi connectivity index (χ3v) is 5.06. The summed E-state index contributed by atoms with van der Waals surface area (Å²) in [6, 6.07) is 7.09. The molecular formula is C20H26N4O4. The lowest BCUT2D eigenvalue weighted by molar-refractivity contribution is -0.125. The molecule has 0 bridgehead atoms. The second-order valence-corrected chi connectivity index (χ2v) is 6.86. The van der Waals surface area contributed by atoms with Gasteiger partial charge in [0.15, 0.2) is 0 Å². The number of benzene rings is 1. The maximum absolute atomic E-state index is 12.7. The lowest BCUT2D eigenvalue weighted by Crippen LogP contribution is -2.43. The van der Waals surface area contributed by atoms with Crippen LogP contribution in [0.4, 0.5) is 5.69 Å². The monoisotopic (exact) mass is 386 g/mol. The van der Waals surface area contributed by atoms with Gasteiger partial charge in [0.05, 0.1) is 32.0 Å². The van der Waals surface area contributed by atoms with Crippen LogP contribution in [0.3, 0.4) is 0 Å². The first-order valence-corrected chi connectivity index (χ1v) is 9.28. The summed E-state index contributed by atoms with van der Waals surface area (Å²) in [4.78, 5) is 26.6. The Hall–Kier alpha value is -3.03. The molecule has 8 heteroatoms. The molecule has 1 amide bonds. The fourth-order valence-electron chi connectivity index (χ4n) is 3.38. The van der Waals surface area contributed by atoms with E-state index in [4.69, 9.17) is 9.47 Å². The molecule has 1 fully saturated rings. The van der Waals surface area contributed by atoms with Gasteiger partial charge >= 0.3 is 0 Å². The van der Waals surface area contributed by atoms with E-state index < -0.39 is 0 Å². The molecule has 0 aliphatic carbocycles. The SMILES string of the molecule is COc1ccc(CNC(=O)[C@H]2CCCN(c3cnn(C)c(=O)c3)C2)c(OC)c1. The van der Waals surface area contributed by atoms with Crippen molar-refractivity contribution in [3.05, 3.63) is 46.4 Å². The number of nitrogens with zero attached hydrogens (tertiary/aromatic N) is 3. The highest BCUT2D eigenvalue weighted by molar-refractivity contribution is 5.79. The Bertz CT molecular complexity index is 896. The van der Waals surface area contributed by atoms with Gasteiger partial charge in [-0.2, -0.15) is 5.10 Å². The molecule has 2 heterocycles. The quantitative estimate of drug-likeness (QED) is 0.806. The van der Waals surface area contributed by atoms with E-state index in [0.717, 1.165) is 30.6 Å². The fourth-order valence-corrected chi connectivity index (χ4v) is 3.38. The van der Waals surface area contributed by atoms with E-state index in [1.54, 1.807) is 39.6 Å². The number of piperidine rings is 1. The zero-order valence-electron chi connectivity index (χ0n) is 16.5. The standard InChI is InChI=1S/C20H26N4O4/c1-23-19(25)9-16(12-22-23)24-8-4-5-15(13-24)20(26)21-11-14-6-7-17(27-2)10-18(14)28-3/h6-7,9-10,12,15H,4-5,8,11,13H2,1-3H3,(H,21,26)/t15-/m0/s1. The molecule has 1 aromatic heterocycles. The van der Waals surface area contributed by atoms with Crippen LogP contribution in [0.5, 0.6) is 11.5 Å². The first-order chi connectivity index (χ1) is 13.5. The molecule has 0 unspecified atom stereocenters. The summed E-state index contributed by atoms with van der Waals surface area (Å²) in [5.74, 6) is 1.25. The Kier molecular flexibility index (Phi) is 6.18. The average molecular weight is 386 g/mol. The van der Waals surface area contributed by atoms with Crippen LogP contribution in [-0.2, 0) is 18.4 Å². The number of methoxy groups -OCH3 is 2. The van der Waals surface area contributed by atoms with Crippen LogP contribution >= 0.6 is 0 Å². The number of nitrogens with one attached hydrogen (secondary N) is 1. The number of aromatic nitrogens is 2. The van der Waals surface area contributed by atoms with Crippen molar-refractivity contribution in [2.24, 2.45) is 13.0 Å². The van der Waals surface area contributed by atoms with Crippen LogP contribution < -0.4 is 25.2 Å². The number of amides is 1. The van der Waals surface area contributed by atoms with Crippen LogP contribution in [0.1, 0.15) is 18.4 Å². The maximum atomic E-state index is 12.7. The van der Waals surface area contributed by atoms with Gasteiger partial charge in [-0.25, -0.2) is 4.68 Å². The Morgan fingerprint density at radius 3 is 2.82 bits per heavy atom. The third-order valence-electron chi connectivity index (χ3n) is 5.06. The molecule has 3 rings (SSSR count). The zero-order chi connectivity index (χ0) is 20.1. The van der Waals surface area contributed by atoms with Crippen molar-refractivity contribution in [3.63, 3.8) is 0 Å². The largest absolute Gasteiger partial charge is 0.497 e. The highest BCUT2D eigenvalue weighted by Crippen LogP contribution is 2.25. The molecule has 1 atom stereocenters. The number of aryl methyl sites for hydroxylation is 1. The van der Waals surface area contributed by atoms with Crippen LogP contribution in [0, 0.1) is 5.92 Å². The zero-order valence-corrected chi connectivity index (χ0v) is 16.5. The molecule has 1 aromatic carbocycles. The number of carbonyl (C=O) groups is 1. The molecular weight excluding hydrogens is 360 g/mol. The highest BCUT2D eigenvalue weighted by Gasteiger charge is 2.26. The first kappa shape index (κ1) is 19.7. The van der Waals surface area contributed by atoms with Gasteiger partial charge in [-0.3, -0.25) is 9.59 Å². The predicted molar refractivity (Wildman–Crippen MR) is 106 cm³/mol. The molecule has 0 radical (unpaired) electrons. The molecule has 28 heavy (non-hydrogen) atoms. The summed E-state index contributed by atoms with van der Waals surface area (Å²) in [5, 5.41) is 7.08. The van der Waals surface area contributed by atoms with Crippen LogP contribution in [-0.4, -0.2) is 43.0 Å². The van der Waals surface area contributed by atoms with Gasteiger partial charge in [-0.15, -0.1) is 0 Å². The molecule has 1 aliphatic rings. The maximum Gasteiger partial charge on any atom is 0.268 e. The minimum atomic E-state index is -0.157. The lowest BCUT2D eigenvalue weighted by Gasteiger charge is -2.33. The number of anilines is 1. The number of hydrogen-bond acceptors (Lipinski definition) is 6. The number of ether oxygens (including phenoxy) is 2. The Labute approximate surface area is 164 Å². The first-order valence-electron chi connectivity index (χ1n) is 9.28. The van der Waals surface area contributed by atoms with Crippen molar-refractivity contribution in [2.45, 2.75) is 19.4 Å². The van der Waals surface area contributed by atoms with Gasteiger partial charge in [0.2, 0.25) is 5.91 Å². The van der Waals surface area contributed by atoms with Gasteiger partial charge in [0.1, 0.15) is 11.5 Å². The summed E-state index contributed by atoms with van der Waals surface area (Å²) in [7, 11) is 4.81. The Balaban J connectivity index is 1.63. The molecule has 0 saturated carbocycles. The van der Waals surface area contributed by atoms with Gasteiger partial charge < -0.3 is 19.7 Å². The molecule has 0 spiro atoms. The summed E-state index contributed by atoms with van der Waals surface area (Å²) in [6.45, 7) is 1.77. The second kappa shape index (κ2) is 8.77. The minimum absolute atomic E-state index is 0.000589. The Morgan fingerprint density at radius 1 is 1.29 bits per heavy atom. The molecule has 1 aliphatic heterocycles. The Morgan fingerprint density at radius 2 is 2.11 bits per heavy atom.